The summed E-state index contributed by atoms with van der Waals surface area (Å²) >= 11 is 0. The fraction of sp³-hybridized carbons (Fsp3) is 0.727. The van der Waals surface area contributed by atoms with Gasteiger partial charge < -0.3 is 5.41 Å². The van der Waals surface area contributed by atoms with Gasteiger partial charge in [-0.3, -0.25) is 0 Å². The molecule has 0 atom stereocenters. The van der Waals surface area contributed by atoms with Gasteiger partial charge in [-0.15, -0.1) is 0 Å². The molecule has 0 heterocycles. The van der Waals surface area contributed by atoms with E-state index in [4.69, 9.17) is 5.41 Å². The molecule has 0 unspecified atom stereocenters. The standard InChI is InChI=1S/C7H13N.C4H10/c1-3-5-7(4-2)6-8;1-4(2)3/h5-6,8H,3-4H2,1-2H3;4H,1-3H3/b7-5-,8-6?;. The predicted molar refractivity (Wildman–Crippen MR) is 58.0 cm³/mol. The van der Waals surface area contributed by atoms with Gasteiger partial charge in [0.2, 0.25) is 0 Å². The van der Waals surface area contributed by atoms with Crippen molar-refractivity contribution in [2.45, 2.75) is 47.5 Å². The molecular formula is C11H23N. The van der Waals surface area contributed by atoms with Gasteiger partial charge in [0.15, 0.2) is 0 Å². The Balaban J connectivity index is 0. The summed E-state index contributed by atoms with van der Waals surface area (Å²) in [5.41, 5.74) is 1.13. The number of rotatable bonds is 3. The normalized spacial score (nSPS) is 10.7. The van der Waals surface area contributed by atoms with E-state index in [9.17, 15) is 0 Å². The van der Waals surface area contributed by atoms with Gasteiger partial charge >= 0.3 is 0 Å². The Morgan fingerprint density at radius 2 is 1.67 bits per heavy atom. The van der Waals surface area contributed by atoms with Crippen molar-refractivity contribution in [2.75, 3.05) is 0 Å². The van der Waals surface area contributed by atoms with Gasteiger partial charge in [0.1, 0.15) is 0 Å². The lowest BCUT2D eigenvalue weighted by Crippen LogP contribution is -1.78. The fourth-order valence-corrected chi connectivity index (χ4v) is 0.568. The van der Waals surface area contributed by atoms with Crippen LogP contribution < -0.4 is 0 Å². The largest absolute Gasteiger partial charge is 0.308 e. The molecule has 0 rings (SSSR count). The third-order valence-electron chi connectivity index (χ3n) is 1.06. The number of hydrogen-bond donors (Lipinski definition) is 1. The first-order valence-corrected chi connectivity index (χ1v) is 4.77. The van der Waals surface area contributed by atoms with Gasteiger partial charge in [-0.25, -0.2) is 0 Å². The molecule has 1 N–H and O–H groups in total. The van der Waals surface area contributed by atoms with E-state index in [1.54, 1.807) is 0 Å². The third-order valence-corrected chi connectivity index (χ3v) is 1.06. The first-order chi connectivity index (χ1) is 5.58. The van der Waals surface area contributed by atoms with Gasteiger partial charge in [-0.2, -0.15) is 0 Å². The number of hydrogen-bond acceptors (Lipinski definition) is 1. The first-order valence-electron chi connectivity index (χ1n) is 4.77. The Morgan fingerprint density at radius 3 is 1.75 bits per heavy atom. The van der Waals surface area contributed by atoms with Crippen LogP contribution in [0.3, 0.4) is 0 Å². The minimum Gasteiger partial charge on any atom is -0.308 e. The predicted octanol–water partition coefficient (Wildman–Crippen LogP) is 4.04. The highest BCUT2D eigenvalue weighted by molar-refractivity contribution is 5.75. The van der Waals surface area contributed by atoms with E-state index in [-0.39, 0.29) is 0 Å². The summed E-state index contributed by atoms with van der Waals surface area (Å²) in [6, 6.07) is 0. The lowest BCUT2D eigenvalue weighted by molar-refractivity contribution is 0.737. The average molecular weight is 169 g/mol. The van der Waals surface area contributed by atoms with Gasteiger partial charge in [0.05, 0.1) is 0 Å². The minimum atomic E-state index is 0.833. The van der Waals surface area contributed by atoms with E-state index in [2.05, 4.69) is 40.7 Å². The lowest BCUT2D eigenvalue weighted by atomic mass is 10.2. The Bertz CT molecular complexity index is 120. The summed E-state index contributed by atoms with van der Waals surface area (Å²) in [6.07, 6.45) is 5.52. The second-order valence-electron chi connectivity index (χ2n) is 3.42. The molecule has 0 amide bonds. The molecule has 1 heteroatoms. The van der Waals surface area contributed by atoms with Gasteiger partial charge in [0.25, 0.3) is 0 Å². The maximum absolute atomic E-state index is 6.87. The molecule has 1 nitrogen and oxygen atoms in total. The highest BCUT2D eigenvalue weighted by Gasteiger charge is 1.82. The van der Waals surface area contributed by atoms with E-state index in [0.717, 1.165) is 24.3 Å². The summed E-state index contributed by atoms with van der Waals surface area (Å²) < 4.78 is 0. The Morgan fingerprint density at radius 1 is 1.25 bits per heavy atom. The smallest absolute Gasteiger partial charge is 0.0206 e. The maximum atomic E-state index is 6.87. The van der Waals surface area contributed by atoms with E-state index in [1.165, 1.54) is 6.21 Å². The van der Waals surface area contributed by atoms with Crippen LogP contribution in [0, 0.1) is 11.3 Å². The van der Waals surface area contributed by atoms with E-state index in [1.807, 2.05) is 0 Å². The first kappa shape index (κ1) is 14.0. The molecule has 0 fully saturated rings. The highest BCUT2D eigenvalue weighted by atomic mass is 14.3. The molecule has 0 aromatic heterocycles. The van der Waals surface area contributed by atoms with Crippen LogP contribution in [-0.4, -0.2) is 6.21 Å². The molecule has 0 aliphatic heterocycles. The van der Waals surface area contributed by atoms with Crippen molar-refractivity contribution in [1.29, 1.82) is 5.41 Å². The monoisotopic (exact) mass is 169 g/mol. The third kappa shape index (κ3) is 16.2. The van der Waals surface area contributed by atoms with Crippen LogP contribution in [0.4, 0.5) is 0 Å². The minimum absolute atomic E-state index is 0.833. The van der Waals surface area contributed by atoms with Crippen LogP contribution in [0.5, 0.6) is 0 Å². The van der Waals surface area contributed by atoms with Crippen molar-refractivity contribution in [2.24, 2.45) is 5.92 Å². The van der Waals surface area contributed by atoms with Crippen molar-refractivity contribution in [3.8, 4) is 0 Å². The molecule has 12 heavy (non-hydrogen) atoms. The van der Waals surface area contributed by atoms with Gasteiger partial charge in [0, 0.05) is 6.21 Å². The Hall–Kier alpha value is -0.590. The molecule has 0 saturated carbocycles. The summed E-state index contributed by atoms with van der Waals surface area (Å²) in [5.74, 6) is 0.833. The fourth-order valence-electron chi connectivity index (χ4n) is 0.568. The Labute approximate surface area is 77.4 Å². The number of allylic oxidation sites excluding steroid dienone is 2. The molecule has 0 radical (unpaired) electrons. The van der Waals surface area contributed by atoms with Crippen LogP contribution in [0.25, 0.3) is 0 Å². The van der Waals surface area contributed by atoms with Gasteiger partial charge in [-0.1, -0.05) is 40.7 Å². The highest BCUT2D eigenvalue weighted by Crippen LogP contribution is 1.96. The van der Waals surface area contributed by atoms with Crippen LogP contribution in [0.15, 0.2) is 11.6 Å². The average Bonchev–Trinajstić information content (AvgIpc) is 1.99. The summed E-state index contributed by atoms with van der Waals surface area (Å²) in [6.45, 7) is 10.6. The zero-order chi connectivity index (χ0) is 9.98. The molecule has 0 bridgehead atoms. The second kappa shape index (κ2) is 10.4. The second-order valence-corrected chi connectivity index (χ2v) is 3.42. The van der Waals surface area contributed by atoms with Crippen molar-refractivity contribution in [3.05, 3.63) is 11.6 Å². The SMILES string of the molecule is CC(C)C.CC/C=C(\C=N)CC. The molecule has 72 valence electrons. The number of nitrogens with one attached hydrogen (secondary N) is 1. The van der Waals surface area contributed by atoms with E-state index in [0.29, 0.717) is 0 Å². The molecule has 0 aromatic rings. The molecule has 0 saturated heterocycles. The molecule has 0 aliphatic carbocycles. The van der Waals surface area contributed by atoms with Crippen LogP contribution >= 0.6 is 0 Å². The van der Waals surface area contributed by atoms with Crippen LogP contribution in [0.1, 0.15) is 47.5 Å². The van der Waals surface area contributed by atoms with Gasteiger partial charge in [-0.05, 0) is 24.3 Å². The van der Waals surface area contributed by atoms with Crippen molar-refractivity contribution in [3.63, 3.8) is 0 Å². The summed E-state index contributed by atoms with van der Waals surface area (Å²) in [5, 5.41) is 6.87. The topological polar surface area (TPSA) is 23.9 Å². The zero-order valence-electron chi connectivity index (χ0n) is 9.15. The quantitative estimate of drug-likeness (QED) is 0.616. The zero-order valence-corrected chi connectivity index (χ0v) is 9.15. The van der Waals surface area contributed by atoms with E-state index < -0.39 is 0 Å². The lowest BCUT2D eigenvalue weighted by Gasteiger charge is -1.89. The maximum Gasteiger partial charge on any atom is 0.0206 e. The Kier molecular flexibility index (Phi) is 12.1. The molecular weight excluding hydrogens is 146 g/mol. The van der Waals surface area contributed by atoms with E-state index >= 15 is 0 Å². The molecule has 0 spiro atoms. The summed E-state index contributed by atoms with van der Waals surface area (Å²) in [4.78, 5) is 0. The van der Waals surface area contributed by atoms with Crippen molar-refractivity contribution < 1.29 is 0 Å². The van der Waals surface area contributed by atoms with Crippen LogP contribution in [0.2, 0.25) is 0 Å². The van der Waals surface area contributed by atoms with Crippen molar-refractivity contribution in [1.82, 2.24) is 0 Å². The molecule has 0 aliphatic rings. The van der Waals surface area contributed by atoms with Crippen LogP contribution in [-0.2, 0) is 0 Å². The molecule has 0 aromatic carbocycles. The van der Waals surface area contributed by atoms with Crippen molar-refractivity contribution >= 4 is 6.21 Å². The summed E-state index contributed by atoms with van der Waals surface area (Å²) in [7, 11) is 0.